The van der Waals surface area contributed by atoms with Gasteiger partial charge in [0, 0.05) is 23.3 Å². The summed E-state index contributed by atoms with van der Waals surface area (Å²) in [5, 5.41) is 13.2. The minimum atomic E-state index is -1.18. The molecule has 0 fully saturated rings. The molecule has 0 saturated heterocycles. The minimum absolute atomic E-state index is 0.0380. The zero-order valence-corrected chi connectivity index (χ0v) is 15.9. The molecule has 4 rings (SSSR count). The van der Waals surface area contributed by atoms with Gasteiger partial charge in [-0.05, 0) is 49.7 Å². The van der Waals surface area contributed by atoms with Crippen LogP contribution in [0.25, 0.3) is 0 Å². The van der Waals surface area contributed by atoms with Gasteiger partial charge in [-0.1, -0.05) is 12.1 Å². The molecule has 28 heavy (non-hydrogen) atoms. The fourth-order valence-corrected chi connectivity index (χ4v) is 4.39. The Labute approximate surface area is 162 Å². The maximum Gasteiger partial charge on any atom is 0.187 e. The van der Waals surface area contributed by atoms with E-state index in [4.69, 9.17) is 9.47 Å². The summed E-state index contributed by atoms with van der Waals surface area (Å²) < 4.78 is 11.3. The van der Waals surface area contributed by atoms with Crippen LogP contribution in [0.5, 0.6) is 17.2 Å². The number of fused-ring (bicyclic) bond motifs is 3. The molecule has 3 atom stereocenters. The molecule has 0 amide bonds. The molecule has 2 N–H and O–H groups in total. The number of carbonyl (C=O) groups excluding carboxylic acids is 2. The highest BCUT2D eigenvalue weighted by Gasteiger charge is 2.61. The van der Waals surface area contributed by atoms with Crippen LogP contribution in [-0.2, 0) is 15.0 Å². The summed E-state index contributed by atoms with van der Waals surface area (Å²) in [5.74, 6) is 0.379. The first-order valence-electron chi connectivity index (χ1n) is 9.01. The number of rotatable bonds is 4. The minimum Gasteiger partial charge on any atom is -0.508 e. The number of carbonyl (C=O) groups is 2. The molecule has 2 aromatic carbocycles. The maximum absolute atomic E-state index is 13.2. The third-order valence-electron chi connectivity index (χ3n) is 5.66. The van der Waals surface area contributed by atoms with Crippen molar-refractivity contribution < 1.29 is 24.2 Å². The standard InChI is InChI=1S/C22H21NO5/c1-12(24)17-11-23-21-22(13(2)25,18-10-15(26)6-9-19(18)28-21)20(17)14-4-7-16(27-3)8-5-14/h4-11,20-21,23,26H,1-3H3. The lowest BCUT2D eigenvalue weighted by Crippen LogP contribution is -2.58. The highest BCUT2D eigenvalue weighted by atomic mass is 16.5. The Morgan fingerprint density at radius 1 is 1.14 bits per heavy atom. The van der Waals surface area contributed by atoms with Crippen molar-refractivity contribution in [1.82, 2.24) is 5.32 Å². The molecule has 0 radical (unpaired) electrons. The molecule has 2 aliphatic heterocycles. The maximum atomic E-state index is 13.2. The molecule has 0 spiro atoms. The fraction of sp³-hybridized carbons (Fsp3) is 0.273. The lowest BCUT2D eigenvalue weighted by atomic mass is 9.60. The first kappa shape index (κ1) is 18.1. The Hall–Kier alpha value is -3.28. The summed E-state index contributed by atoms with van der Waals surface area (Å²) in [7, 11) is 1.58. The molecule has 2 aliphatic rings. The Kier molecular flexibility index (Phi) is 4.14. The largest absolute Gasteiger partial charge is 0.508 e. The van der Waals surface area contributed by atoms with Crippen LogP contribution in [0.2, 0.25) is 0 Å². The second-order valence-electron chi connectivity index (χ2n) is 7.13. The molecule has 0 aromatic heterocycles. The van der Waals surface area contributed by atoms with E-state index in [2.05, 4.69) is 5.32 Å². The zero-order chi connectivity index (χ0) is 20.1. The average molecular weight is 379 g/mol. The summed E-state index contributed by atoms with van der Waals surface area (Å²) in [6.07, 6.45) is 0.950. The zero-order valence-electron chi connectivity index (χ0n) is 15.9. The number of methoxy groups -OCH3 is 1. The van der Waals surface area contributed by atoms with Crippen LogP contribution in [0.3, 0.4) is 0 Å². The van der Waals surface area contributed by atoms with Crippen molar-refractivity contribution in [3.8, 4) is 17.2 Å². The number of hydrogen-bond donors (Lipinski definition) is 2. The Morgan fingerprint density at radius 2 is 1.86 bits per heavy atom. The number of aromatic hydroxyl groups is 1. The summed E-state index contributed by atoms with van der Waals surface area (Å²) in [5.41, 5.74) is 0.670. The Bertz CT molecular complexity index is 994. The molecule has 0 aliphatic carbocycles. The number of ketones is 2. The van der Waals surface area contributed by atoms with Gasteiger partial charge in [-0.15, -0.1) is 0 Å². The summed E-state index contributed by atoms with van der Waals surface area (Å²) in [4.78, 5) is 25.7. The van der Waals surface area contributed by atoms with E-state index in [1.807, 2.05) is 12.1 Å². The van der Waals surface area contributed by atoms with Gasteiger partial charge < -0.3 is 19.9 Å². The van der Waals surface area contributed by atoms with Gasteiger partial charge in [0.25, 0.3) is 0 Å². The first-order valence-corrected chi connectivity index (χ1v) is 9.01. The van der Waals surface area contributed by atoms with Crippen molar-refractivity contribution in [2.24, 2.45) is 0 Å². The number of hydrogen-bond acceptors (Lipinski definition) is 6. The number of nitrogens with one attached hydrogen (secondary N) is 1. The molecule has 144 valence electrons. The molecule has 2 heterocycles. The summed E-state index contributed by atoms with van der Waals surface area (Å²) in [6, 6.07) is 12.0. The molecule has 0 saturated carbocycles. The van der Waals surface area contributed by atoms with Gasteiger partial charge in [0.2, 0.25) is 0 Å². The lowest BCUT2D eigenvalue weighted by Gasteiger charge is -2.43. The predicted molar refractivity (Wildman–Crippen MR) is 103 cm³/mol. The Balaban J connectivity index is 2.01. The van der Waals surface area contributed by atoms with Gasteiger partial charge in [-0.25, -0.2) is 0 Å². The smallest absolute Gasteiger partial charge is 0.187 e. The number of phenolic OH excluding ortho intramolecular Hbond substituents is 1. The van der Waals surface area contributed by atoms with E-state index in [0.29, 0.717) is 22.6 Å². The second kappa shape index (κ2) is 6.41. The molecule has 6 heteroatoms. The van der Waals surface area contributed by atoms with E-state index < -0.39 is 17.6 Å². The quantitative estimate of drug-likeness (QED) is 0.850. The molecule has 2 aromatic rings. The van der Waals surface area contributed by atoms with Gasteiger partial charge in [-0.3, -0.25) is 9.59 Å². The van der Waals surface area contributed by atoms with Crippen molar-refractivity contribution in [3.63, 3.8) is 0 Å². The number of allylic oxidation sites excluding steroid dienone is 1. The monoisotopic (exact) mass is 379 g/mol. The van der Waals surface area contributed by atoms with E-state index in [9.17, 15) is 14.7 Å². The highest BCUT2D eigenvalue weighted by Crippen LogP contribution is 2.56. The van der Waals surface area contributed by atoms with E-state index in [1.54, 1.807) is 37.6 Å². The molecular formula is C22H21NO5. The van der Waals surface area contributed by atoms with Gasteiger partial charge in [0.05, 0.1) is 7.11 Å². The van der Waals surface area contributed by atoms with Gasteiger partial charge in [0.1, 0.15) is 28.4 Å². The topological polar surface area (TPSA) is 84.9 Å². The number of Topliss-reactive ketones (excluding diaryl/α,β-unsaturated/α-hetero) is 2. The number of benzene rings is 2. The second-order valence-corrected chi connectivity index (χ2v) is 7.13. The van der Waals surface area contributed by atoms with Crippen molar-refractivity contribution >= 4 is 11.6 Å². The van der Waals surface area contributed by atoms with E-state index in [1.165, 1.54) is 19.9 Å². The van der Waals surface area contributed by atoms with Gasteiger partial charge >= 0.3 is 0 Å². The van der Waals surface area contributed by atoms with Crippen molar-refractivity contribution in [1.29, 1.82) is 0 Å². The van der Waals surface area contributed by atoms with Crippen LogP contribution < -0.4 is 14.8 Å². The highest BCUT2D eigenvalue weighted by molar-refractivity contribution is 6.01. The predicted octanol–water partition coefficient (Wildman–Crippen LogP) is 2.81. The lowest BCUT2D eigenvalue weighted by molar-refractivity contribution is -0.126. The summed E-state index contributed by atoms with van der Waals surface area (Å²) >= 11 is 0. The van der Waals surface area contributed by atoms with Gasteiger partial charge in [-0.2, -0.15) is 0 Å². The molecule has 3 unspecified atom stereocenters. The van der Waals surface area contributed by atoms with Crippen LogP contribution in [0.4, 0.5) is 0 Å². The molecule has 0 bridgehead atoms. The van der Waals surface area contributed by atoms with E-state index in [0.717, 1.165) is 5.56 Å². The average Bonchev–Trinajstić information content (AvgIpc) is 3.02. The molecular weight excluding hydrogens is 358 g/mol. The van der Waals surface area contributed by atoms with Crippen LogP contribution in [0.1, 0.15) is 30.9 Å². The fourth-order valence-electron chi connectivity index (χ4n) is 4.39. The van der Waals surface area contributed by atoms with Crippen molar-refractivity contribution in [2.75, 3.05) is 7.11 Å². The van der Waals surface area contributed by atoms with E-state index in [-0.39, 0.29) is 17.3 Å². The van der Waals surface area contributed by atoms with Crippen molar-refractivity contribution in [2.45, 2.75) is 31.4 Å². The molecule has 6 nitrogen and oxygen atoms in total. The van der Waals surface area contributed by atoms with Crippen LogP contribution in [0.15, 0.2) is 54.2 Å². The van der Waals surface area contributed by atoms with Crippen LogP contribution in [0, 0.1) is 0 Å². The van der Waals surface area contributed by atoms with Crippen LogP contribution in [-0.4, -0.2) is 30.0 Å². The van der Waals surface area contributed by atoms with Crippen LogP contribution >= 0.6 is 0 Å². The van der Waals surface area contributed by atoms with Crippen molar-refractivity contribution in [3.05, 3.63) is 65.4 Å². The SMILES string of the molecule is COc1ccc(C2C(C(C)=O)=CNC3Oc4ccc(O)cc4C32C(C)=O)cc1. The first-order chi connectivity index (χ1) is 13.4. The third-order valence-corrected chi connectivity index (χ3v) is 5.66. The number of phenols is 1. The third kappa shape index (κ3) is 2.41. The Morgan fingerprint density at radius 3 is 2.46 bits per heavy atom. The van der Waals surface area contributed by atoms with Gasteiger partial charge in [0.15, 0.2) is 12.0 Å². The van der Waals surface area contributed by atoms with E-state index >= 15 is 0 Å². The normalized spacial score (nSPS) is 24.9. The summed E-state index contributed by atoms with van der Waals surface area (Å²) in [6.45, 7) is 2.98. The number of ether oxygens (including phenoxy) is 2.